The average molecular weight is 281 g/mol. The van der Waals surface area contributed by atoms with E-state index in [2.05, 4.69) is 31.3 Å². The molecule has 2 N–H and O–H groups in total. The van der Waals surface area contributed by atoms with E-state index in [-0.39, 0.29) is 12.1 Å². The molecule has 0 saturated carbocycles. The van der Waals surface area contributed by atoms with E-state index < -0.39 is 6.10 Å². The second kappa shape index (κ2) is 9.08. The highest BCUT2D eigenvalue weighted by Crippen LogP contribution is 2.16. The lowest BCUT2D eigenvalue weighted by molar-refractivity contribution is -0.0315. The average Bonchev–Trinajstić information content (AvgIpc) is 2.43. The fourth-order valence-electron chi connectivity index (χ4n) is 2.11. The molecule has 0 aliphatic rings. The number of rotatable bonds is 9. The minimum absolute atomic E-state index is 0.00319. The SMILES string of the molecule is COCC(C)OCC(O)CN[C@H](C)c1ccccc1C. The molecule has 1 aromatic rings. The van der Waals surface area contributed by atoms with Gasteiger partial charge in [0.25, 0.3) is 0 Å². The van der Waals surface area contributed by atoms with Crippen molar-refractivity contribution in [1.29, 1.82) is 0 Å². The number of hydrogen-bond acceptors (Lipinski definition) is 4. The Balaban J connectivity index is 2.30. The number of hydrogen-bond donors (Lipinski definition) is 2. The van der Waals surface area contributed by atoms with Gasteiger partial charge in [-0.2, -0.15) is 0 Å². The number of aliphatic hydroxyl groups excluding tert-OH is 1. The van der Waals surface area contributed by atoms with Crippen molar-refractivity contribution >= 4 is 0 Å². The molecule has 1 aromatic carbocycles. The van der Waals surface area contributed by atoms with Crippen molar-refractivity contribution in [3.05, 3.63) is 35.4 Å². The summed E-state index contributed by atoms with van der Waals surface area (Å²) in [6.07, 6.45) is -0.510. The fourth-order valence-corrected chi connectivity index (χ4v) is 2.11. The summed E-state index contributed by atoms with van der Waals surface area (Å²) in [4.78, 5) is 0. The summed E-state index contributed by atoms with van der Waals surface area (Å²) >= 11 is 0. The predicted octanol–water partition coefficient (Wildman–Crippen LogP) is 2.06. The van der Waals surface area contributed by atoms with Crippen LogP contribution in [0.25, 0.3) is 0 Å². The Morgan fingerprint density at radius 1 is 1.20 bits per heavy atom. The van der Waals surface area contributed by atoms with Crippen LogP contribution in [0.4, 0.5) is 0 Å². The second-order valence-electron chi connectivity index (χ2n) is 5.24. The Bertz CT molecular complexity index is 384. The predicted molar refractivity (Wildman–Crippen MR) is 80.9 cm³/mol. The molecule has 0 aliphatic heterocycles. The van der Waals surface area contributed by atoms with Crippen LogP contribution in [0.2, 0.25) is 0 Å². The Hall–Kier alpha value is -0.940. The van der Waals surface area contributed by atoms with Crippen molar-refractivity contribution in [3.63, 3.8) is 0 Å². The lowest BCUT2D eigenvalue weighted by atomic mass is 10.0. The van der Waals surface area contributed by atoms with Gasteiger partial charge in [0.15, 0.2) is 0 Å². The van der Waals surface area contributed by atoms with E-state index >= 15 is 0 Å². The number of benzene rings is 1. The van der Waals surface area contributed by atoms with Crippen LogP contribution in [0, 0.1) is 6.92 Å². The van der Waals surface area contributed by atoms with Gasteiger partial charge in [0, 0.05) is 19.7 Å². The van der Waals surface area contributed by atoms with Crippen LogP contribution >= 0.6 is 0 Å². The summed E-state index contributed by atoms with van der Waals surface area (Å²) in [6, 6.07) is 8.48. The highest BCUT2D eigenvalue weighted by Gasteiger charge is 2.11. The summed E-state index contributed by atoms with van der Waals surface area (Å²) in [5, 5.41) is 13.2. The monoisotopic (exact) mass is 281 g/mol. The van der Waals surface area contributed by atoms with Gasteiger partial charge in [-0.1, -0.05) is 24.3 Å². The van der Waals surface area contributed by atoms with Crippen LogP contribution in [-0.2, 0) is 9.47 Å². The summed E-state index contributed by atoms with van der Waals surface area (Å²) in [5.41, 5.74) is 2.51. The van der Waals surface area contributed by atoms with Gasteiger partial charge in [-0.25, -0.2) is 0 Å². The summed E-state index contributed by atoms with van der Waals surface area (Å²) < 4.78 is 10.5. The summed E-state index contributed by atoms with van der Waals surface area (Å²) in [5.74, 6) is 0. The standard InChI is InChI=1S/C16H27NO3/c1-12-7-5-6-8-16(12)14(3)17-9-15(18)11-20-13(2)10-19-4/h5-8,13-15,17-18H,9-11H2,1-4H3/t13?,14-,15?/m1/s1. The maximum Gasteiger partial charge on any atom is 0.0898 e. The smallest absolute Gasteiger partial charge is 0.0898 e. The normalized spacial score (nSPS) is 15.8. The van der Waals surface area contributed by atoms with E-state index in [1.54, 1.807) is 7.11 Å². The molecule has 0 heterocycles. The maximum absolute atomic E-state index is 9.90. The first-order valence-corrected chi connectivity index (χ1v) is 7.12. The molecule has 4 nitrogen and oxygen atoms in total. The van der Waals surface area contributed by atoms with Crippen LogP contribution in [-0.4, -0.2) is 44.2 Å². The minimum Gasteiger partial charge on any atom is -0.389 e. The molecule has 0 bridgehead atoms. The highest BCUT2D eigenvalue weighted by molar-refractivity contribution is 5.28. The molecular weight excluding hydrogens is 254 g/mol. The molecule has 0 saturated heterocycles. The number of nitrogens with one attached hydrogen (secondary N) is 1. The Morgan fingerprint density at radius 3 is 2.55 bits per heavy atom. The third kappa shape index (κ3) is 6.01. The highest BCUT2D eigenvalue weighted by atomic mass is 16.5. The first-order chi connectivity index (χ1) is 9.54. The van der Waals surface area contributed by atoms with Crippen molar-refractivity contribution in [1.82, 2.24) is 5.32 Å². The van der Waals surface area contributed by atoms with Gasteiger partial charge in [-0.15, -0.1) is 0 Å². The quantitative estimate of drug-likeness (QED) is 0.727. The molecule has 114 valence electrons. The van der Waals surface area contributed by atoms with E-state index in [4.69, 9.17) is 9.47 Å². The molecular formula is C16H27NO3. The van der Waals surface area contributed by atoms with Crippen LogP contribution in [0.5, 0.6) is 0 Å². The van der Waals surface area contributed by atoms with E-state index in [1.165, 1.54) is 11.1 Å². The Kier molecular flexibility index (Phi) is 7.77. The zero-order chi connectivity index (χ0) is 15.0. The molecule has 0 radical (unpaired) electrons. The molecule has 20 heavy (non-hydrogen) atoms. The molecule has 0 aromatic heterocycles. The topological polar surface area (TPSA) is 50.7 Å². The van der Waals surface area contributed by atoms with Gasteiger partial charge in [-0.3, -0.25) is 0 Å². The second-order valence-corrected chi connectivity index (χ2v) is 5.24. The molecule has 4 heteroatoms. The summed E-state index contributed by atoms with van der Waals surface area (Å²) in [6.45, 7) is 7.50. The molecule has 3 atom stereocenters. The van der Waals surface area contributed by atoms with Gasteiger partial charge in [-0.05, 0) is 31.9 Å². The van der Waals surface area contributed by atoms with Gasteiger partial charge in [0.05, 0.1) is 25.4 Å². The molecule has 1 rings (SSSR count). The van der Waals surface area contributed by atoms with E-state index in [1.807, 2.05) is 19.1 Å². The van der Waals surface area contributed by atoms with Crippen molar-refractivity contribution in [2.75, 3.05) is 26.9 Å². The van der Waals surface area contributed by atoms with Gasteiger partial charge < -0.3 is 19.9 Å². The fraction of sp³-hybridized carbons (Fsp3) is 0.625. The van der Waals surface area contributed by atoms with Crippen LogP contribution in [0.15, 0.2) is 24.3 Å². The van der Waals surface area contributed by atoms with E-state index in [0.717, 1.165) is 0 Å². The van der Waals surface area contributed by atoms with Crippen molar-refractivity contribution in [3.8, 4) is 0 Å². The van der Waals surface area contributed by atoms with Gasteiger partial charge >= 0.3 is 0 Å². The third-order valence-electron chi connectivity index (χ3n) is 3.29. The van der Waals surface area contributed by atoms with Crippen LogP contribution in [0.1, 0.15) is 31.0 Å². The first-order valence-electron chi connectivity index (χ1n) is 7.12. The molecule has 0 amide bonds. The molecule has 0 spiro atoms. The number of aryl methyl sites for hydroxylation is 1. The third-order valence-corrected chi connectivity index (χ3v) is 3.29. The number of methoxy groups -OCH3 is 1. The number of ether oxygens (including phenoxy) is 2. The zero-order valence-electron chi connectivity index (χ0n) is 12.9. The summed E-state index contributed by atoms with van der Waals surface area (Å²) in [7, 11) is 1.64. The molecule has 0 aliphatic carbocycles. The number of aliphatic hydroxyl groups is 1. The van der Waals surface area contributed by atoms with Crippen LogP contribution in [0.3, 0.4) is 0 Å². The Morgan fingerprint density at radius 2 is 1.90 bits per heavy atom. The van der Waals surface area contributed by atoms with Crippen molar-refractivity contribution < 1.29 is 14.6 Å². The van der Waals surface area contributed by atoms with Crippen molar-refractivity contribution in [2.45, 2.75) is 39.0 Å². The first kappa shape index (κ1) is 17.1. The Labute approximate surface area is 122 Å². The minimum atomic E-state index is -0.513. The van der Waals surface area contributed by atoms with Crippen LogP contribution < -0.4 is 5.32 Å². The lowest BCUT2D eigenvalue weighted by Gasteiger charge is -2.20. The molecule has 0 fully saturated rings. The van der Waals surface area contributed by atoms with Gasteiger partial charge in [0.1, 0.15) is 0 Å². The van der Waals surface area contributed by atoms with Gasteiger partial charge in [0.2, 0.25) is 0 Å². The van der Waals surface area contributed by atoms with Crippen molar-refractivity contribution in [2.24, 2.45) is 0 Å². The zero-order valence-corrected chi connectivity index (χ0v) is 12.9. The van der Waals surface area contributed by atoms with E-state index in [9.17, 15) is 5.11 Å². The van der Waals surface area contributed by atoms with E-state index in [0.29, 0.717) is 19.8 Å². The largest absolute Gasteiger partial charge is 0.389 e. The lowest BCUT2D eigenvalue weighted by Crippen LogP contribution is -2.33. The maximum atomic E-state index is 9.90. The molecule has 2 unspecified atom stereocenters.